The van der Waals surface area contributed by atoms with Crippen LogP contribution < -0.4 is 5.32 Å². The van der Waals surface area contributed by atoms with Crippen LogP contribution in [0.1, 0.15) is 21.6 Å². The molecular weight excluding hydrogens is 397 g/mol. The first-order valence-electron chi connectivity index (χ1n) is 9.83. The quantitative estimate of drug-likeness (QED) is 0.385. The molecule has 0 aliphatic rings. The molecule has 5 aromatic rings. The van der Waals surface area contributed by atoms with Gasteiger partial charge in [-0.05, 0) is 53.3 Å². The number of amides is 1. The minimum atomic E-state index is -0.272. The number of hydrogen-bond acceptors (Lipinski definition) is 2. The Morgan fingerprint density at radius 2 is 2.00 bits per heavy atom. The smallest absolute Gasteiger partial charge is 0.267 e. The Bertz CT molecular complexity index is 1350. The van der Waals surface area contributed by atoms with Gasteiger partial charge in [-0.15, -0.1) is 11.3 Å². The maximum Gasteiger partial charge on any atom is 0.267 e. The number of thiophene rings is 1. The van der Waals surface area contributed by atoms with Gasteiger partial charge in [0, 0.05) is 30.2 Å². The van der Waals surface area contributed by atoms with Gasteiger partial charge in [-0.1, -0.05) is 30.3 Å². The van der Waals surface area contributed by atoms with Crippen LogP contribution in [0.3, 0.4) is 0 Å². The largest absolute Gasteiger partial charge is 0.361 e. The van der Waals surface area contributed by atoms with E-state index in [1.807, 2.05) is 52.5 Å². The number of nitrogens with zero attached hydrogens (tertiary/aromatic N) is 1. The van der Waals surface area contributed by atoms with E-state index in [1.165, 1.54) is 23.1 Å². The molecule has 1 amide bonds. The number of H-pyrrole nitrogens is 1. The summed E-state index contributed by atoms with van der Waals surface area (Å²) in [5.74, 6) is -0.388. The number of benzene rings is 2. The summed E-state index contributed by atoms with van der Waals surface area (Å²) in [4.78, 5) is 16.2. The molecule has 3 heterocycles. The molecule has 0 radical (unpaired) electrons. The predicted octanol–water partition coefficient (Wildman–Crippen LogP) is 5.34. The summed E-state index contributed by atoms with van der Waals surface area (Å²) in [6, 6.07) is 18.6. The third-order valence-electron chi connectivity index (χ3n) is 5.34. The molecule has 0 saturated heterocycles. The maximum atomic E-state index is 13.6. The van der Waals surface area contributed by atoms with E-state index < -0.39 is 0 Å². The van der Waals surface area contributed by atoms with E-state index in [0.717, 1.165) is 27.7 Å². The molecule has 150 valence electrons. The number of carbonyl (C=O) groups excluding carboxylic acids is 1. The Hall–Kier alpha value is -3.38. The van der Waals surface area contributed by atoms with E-state index in [-0.39, 0.29) is 11.7 Å². The number of halogens is 1. The molecule has 0 spiro atoms. The van der Waals surface area contributed by atoms with Crippen molar-refractivity contribution in [2.24, 2.45) is 0 Å². The van der Waals surface area contributed by atoms with Gasteiger partial charge in [0.25, 0.3) is 5.91 Å². The van der Waals surface area contributed by atoms with Crippen LogP contribution in [0.2, 0.25) is 0 Å². The third kappa shape index (κ3) is 3.50. The highest BCUT2D eigenvalue weighted by Gasteiger charge is 2.17. The highest BCUT2D eigenvalue weighted by Crippen LogP contribution is 2.26. The fourth-order valence-electron chi connectivity index (χ4n) is 3.89. The molecule has 0 bridgehead atoms. The number of aromatic nitrogens is 2. The van der Waals surface area contributed by atoms with Gasteiger partial charge >= 0.3 is 0 Å². The van der Waals surface area contributed by atoms with Crippen molar-refractivity contribution in [1.29, 1.82) is 0 Å². The van der Waals surface area contributed by atoms with Crippen molar-refractivity contribution in [3.63, 3.8) is 0 Å². The van der Waals surface area contributed by atoms with E-state index in [9.17, 15) is 9.18 Å². The Labute approximate surface area is 177 Å². The van der Waals surface area contributed by atoms with Crippen LogP contribution in [0.4, 0.5) is 4.39 Å². The van der Waals surface area contributed by atoms with E-state index in [4.69, 9.17) is 0 Å². The SMILES string of the molecule is O=C(NCCc1c[nH]c2ccccc12)c1cc2sccc2n1Cc1cccc(F)c1. The second-order valence-electron chi connectivity index (χ2n) is 7.28. The van der Waals surface area contributed by atoms with Gasteiger partial charge in [-0.25, -0.2) is 4.39 Å². The van der Waals surface area contributed by atoms with Crippen molar-refractivity contribution >= 4 is 38.4 Å². The molecule has 6 heteroatoms. The summed E-state index contributed by atoms with van der Waals surface area (Å²) >= 11 is 1.60. The topological polar surface area (TPSA) is 49.8 Å². The molecule has 2 N–H and O–H groups in total. The average molecular weight is 418 g/mol. The molecule has 4 nitrogen and oxygen atoms in total. The lowest BCUT2D eigenvalue weighted by atomic mass is 10.1. The molecule has 0 unspecified atom stereocenters. The number of fused-ring (bicyclic) bond motifs is 2. The van der Waals surface area contributed by atoms with Gasteiger partial charge < -0.3 is 14.9 Å². The highest BCUT2D eigenvalue weighted by atomic mass is 32.1. The van der Waals surface area contributed by atoms with Crippen molar-refractivity contribution in [1.82, 2.24) is 14.9 Å². The van der Waals surface area contributed by atoms with E-state index >= 15 is 0 Å². The first-order chi connectivity index (χ1) is 14.7. The lowest BCUT2D eigenvalue weighted by Crippen LogP contribution is -2.28. The standard InChI is InChI=1S/C24H20FN3OS/c25-18-5-3-4-16(12-18)15-28-21-9-11-30-23(21)13-22(28)24(29)26-10-8-17-14-27-20-7-2-1-6-19(17)20/h1-7,9,11-14,27H,8,10,15H2,(H,26,29). The van der Waals surface area contributed by atoms with Gasteiger partial charge in [-0.3, -0.25) is 4.79 Å². The fraction of sp³-hybridized carbons (Fsp3) is 0.125. The third-order valence-corrected chi connectivity index (χ3v) is 6.19. The van der Waals surface area contributed by atoms with Gasteiger partial charge in [0.15, 0.2) is 0 Å². The monoisotopic (exact) mass is 417 g/mol. The Morgan fingerprint density at radius 1 is 1.10 bits per heavy atom. The summed E-state index contributed by atoms with van der Waals surface area (Å²) in [5.41, 5.74) is 4.70. The average Bonchev–Trinajstić information content (AvgIpc) is 3.44. The molecule has 2 aromatic carbocycles. The first-order valence-corrected chi connectivity index (χ1v) is 10.7. The molecule has 0 aliphatic heterocycles. The van der Waals surface area contributed by atoms with Crippen LogP contribution in [0.25, 0.3) is 21.1 Å². The Balaban J connectivity index is 1.35. The van der Waals surface area contributed by atoms with Gasteiger partial charge in [0.1, 0.15) is 11.5 Å². The summed E-state index contributed by atoms with van der Waals surface area (Å²) < 4.78 is 16.6. The molecule has 0 saturated carbocycles. The molecule has 0 fully saturated rings. The molecule has 5 rings (SSSR count). The Kier molecular flexibility index (Phi) is 4.85. The van der Waals surface area contributed by atoms with E-state index in [2.05, 4.69) is 16.4 Å². The fourth-order valence-corrected chi connectivity index (χ4v) is 4.72. The summed E-state index contributed by atoms with van der Waals surface area (Å²) in [5, 5.41) is 6.23. The number of carbonyl (C=O) groups is 1. The summed E-state index contributed by atoms with van der Waals surface area (Å²) in [7, 11) is 0. The minimum absolute atomic E-state index is 0.116. The maximum absolute atomic E-state index is 13.6. The van der Waals surface area contributed by atoms with Crippen molar-refractivity contribution in [3.05, 3.63) is 94.9 Å². The zero-order valence-electron chi connectivity index (χ0n) is 16.2. The van der Waals surface area contributed by atoms with Crippen LogP contribution in [0, 0.1) is 5.82 Å². The molecular formula is C24H20FN3OS. The Morgan fingerprint density at radius 3 is 2.90 bits per heavy atom. The zero-order chi connectivity index (χ0) is 20.5. The lowest BCUT2D eigenvalue weighted by molar-refractivity contribution is 0.0946. The summed E-state index contributed by atoms with van der Waals surface area (Å²) in [6.45, 7) is 0.989. The molecule has 0 aliphatic carbocycles. The van der Waals surface area contributed by atoms with Crippen molar-refractivity contribution in [2.45, 2.75) is 13.0 Å². The number of hydrogen-bond donors (Lipinski definition) is 2. The van der Waals surface area contributed by atoms with Gasteiger partial charge in [0.05, 0.1) is 10.2 Å². The van der Waals surface area contributed by atoms with Crippen LogP contribution >= 0.6 is 11.3 Å². The van der Waals surface area contributed by atoms with Crippen LogP contribution in [-0.4, -0.2) is 22.0 Å². The highest BCUT2D eigenvalue weighted by molar-refractivity contribution is 7.17. The number of aromatic amines is 1. The zero-order valence-corrected chi connectivity index (χ0v) is 17.0. The normalized spacial score (nSPS) is 11.4. The molecule has 30 heavy (non-hydrogen) atoms. The number of rotatable bonds is 6. The minimum Gasteiger partial charge on any atom is -0.361 e. The van der Waals surface area contributed by atoms with E-state index in [0.29, 0.717) is 18.8 Å². The van der Waals surface area contributed by atoms with Crippen molar-refractivity contribution in [3.8, 4) is 0 Å². The molecule has 3 aromatic heterocycles. The lowest BCUT2D eigenvalue weighted by Gasteiger charge is -2.11. The van der Waals surface area contributed by atoms with Crippen LogP contribution in [0.5, 0.6) is 0 Å². The van der Waals surface area contributed by atoms with Gasteiger partial charge in [0.2, 0.25) is 0 Å². The van der Waals surface area contributed by atoms with Crippen molar-refractivity contribution < 1.29 is 9.18 Å². The second-order valence-corrected chi connectivity index (χ2v) is 8.23. The number of para-hydroxylation sites is 1. The van der Waals surface area contributed by atoms with Crippen LogP contribution in [-0.2, 0) is 13.0 Å². The van der Waals surface area contributed by atoms with Crippen LogP contribution in [0.15, 0.2) is 72.2 Å². The van der Waals surface area contributed by atoms with Crippen molar-refractivity contribution in [2.75, 3.05) is 6.54 Å². The molecule has 0 atom stereocenters. The second kappa shape index (κ2) is 7.80. The first kappa shape index (κ1) is 18.6. The summed E-state index contributed by atoms with van der Waals surface area (Å²) in [6.07, 6.45) is 2.74. The number of nitrogens with one attached hydrogen (secondary N) is 2. The predicted molar refractivity (Wildman–Crippen MR) is 120 cm³/mol. The van der Waals surface area contributed by atoms with E-state index in [1.54, 1.807) is 17.4 Å². The van der Waals surface area contributed by atoms with Gasteiger partial charge in [-0.2, -0.15) is 0 Å².